The Morgan fingerprint density at radius 1 is 1.30 bits per heavy atom. The molecule has 1 rings (SSSR count). The van der Waals surface area contributed by atoms with Crippen LogP contribution in [0.2, 0.25) is 0 Å². The smallest absolute Gasteiger partial charge is 0.222 e. The first-order valence-corrected chi connectivity index (χ1v) is 4.78. The van der Waals surface area contributed by atoms with Crippen molar-refractivity contribution in [1.82, 2.24) is 4.37 Å². The van der Waals surface area contributed by atoms with Crippen LogP contribution in [-0.4, -0.2) is 4.37 Å². The lowest BCUT2D eigenvalue weighted by Crippen LogP contribution is -2.68. The zero-order chi connectivity index (χ0) is 8.04. The second-order valence-corrected chi connectivity index (χ2v) is 3.36. The Morgan fingerprint density at radius 2 is 1.80 bits per heavy atom. The summed E-state index contributed by atoms with van der Waals surface area (Å²) in [5.74, 6) is 0. The van der Waals surface area contributed by atoms with Gasteiger partial charge in [0.25, 0.3) is 4.69 Å². The predicted molar refractivity (Wildman–Crippen MR) is 24.4 cm³/mol. The van der Waals surface area contributed by atoms with E-state index in [2.05, 4.69) is 4.37 Å². The van der Waals surface area contributed by atoms with Gasteiger partial charge in [-0.3, -0.25) is 0 Å². The van der Waals surface area contributed by atoms with Gasteiger partial charge in [0.1, 0.15) is 11.3 Å². The average molecular weight is 204 g/mol. The molecule has 0 N–H and O–H groups in total. The molecule has 0 aliphatic carbocycles. The highest BCUT2D eigenvalue weighted by atomic mass is 35.7. The monoisotopic (exact) mass is 203 g/mol. The van der Waals surface area contributed by atoms with Crippen LogP contribution in [0.5, 0.6) is 0 Å². The van der Waals surface area contributed by atoms with Gasteiger partial charge in [-0.15, -0.1) is 10.2 Å². The highest BCUT2D eigenvalue weighted by Crippen LogP contribution is 1.94. The van der Waals surface area contributed by atoms with Gasteiger partial charge in [0.15, 0.2) is 0 Å². The second kappa shape index (κ2) is 4.85. The highest BCUT2D eigenvalue weighted by Gasteiger charge is 1.84. The first-order chi connectivity index (χ1) is 4.50. The number of rotatable bonds is 0. The summed E-state index contributed by atoms with van der Waals surface area (Å²) < 4.78 is 39.7. The van der Waals surface area contributed by atoms with E-state index in [1.165, 1.54) is 11.5 Å². The first-order valence-electron chi connectivity index (χ1n) is 1.77. The fraction of sp³-hybridized carbons (Fsp3) is 0. The Hall–Kier alpha value is 0.110. The molecule has 58 valence electrons. The molecule has 8 heteroatoms. The van der Waals surface area contributed by atoms with Crippen molar-refractivity contribution in [2.75, 3.05) is 0 Å². The largest absolute Gasteiger partial charge is 0.267 e. The van der Waals surface area contributed by atoms with Crippen molar-refractivity contribution in [2.45, 2.75) is 0 Å². The third-order valence-corrected chi connectivity index (χ3v) is 1.64. The first kappa shape index (κ1) is 10.1. The van der Waals surface area contributed by atoms with Crippen molar-refractivity contribution in [3.05, 3.63) is 10.2 Å². The van der Waals surface area contributed by atoms with Crippen LogP contribution in [0.4, 0.5) is 0 Å². The number of aromatic nitrogens is 1. The van der Waals surface area contributed by atoms with Gasteiger partial charge < -0.3 is 0 Å². The quantitative estimate of drug-likeness (QED) is 0.412. The molecule has 0 saturated carbocycles. The lowest BCUT2D eigenvalue weighted by Gasteiger charge is -2.17. The lowest BCUT2D eigenvalue weighted by molar-refractivity contribution is -2.00. The molecule has 1 heterocycles. The Labute approximate surface area is 66.7 Å². The molecule has 0 saturated heterocycles. The normalized spacial score (nSPS) is 10.0. The molecule has 0 aromatic carbocycles. The van der Waals surface area contributed by atoms with Crippen LogP contribution in [0.1, 0.15) is 0 Å². The van der Waals surface area contributed by atoms with Crippen molar-refractivity contribution in [2.24, 2.45) is 0 Å². The summed E-state index contributed by atoms with van der Waals surface area (Å²) in [6, 6.07) is 0. The van der Waals surface area contributed by atoms with Crippen LogP contribution in [0, 0.1) is 10.2 Å². The van der Waals surface area contributed by atoms with E-state index in [1.54, 1.807) is 11.3 Å². The van der Waals surface area contributed by atoms with E-state index in [9.17, 15) is 0 Å². The number of nitrogens with zero attached hydrogens (tertiary/aromatic N) is 1. The van der Waals surface area contributed by atoms with E-state index in [-0.39, 0.29) is 0 Å². The molecule has 10 heavy (non-hydrogen) atoms. The Bertz CT molecular complexity index is 128. The molecule has 0 bridgehead atoms. The third kappa shape index (κ3) is 15.7. The summed E-state index contributed by atoms with van der Waals surface area (Å²) in [5.41, 5.74) is 1.81. The van der Waals surface area contributed by atoms with Gasteiger partial charge >= 0.3 is 0 Å². The topological polar surface area (TPSA) is 105 Å². The van der Waals surface area contributed by atoms with Gasteiger partial charge in [-0.2, -0.15) is 0 Å². The molecule has 1 aromatic rings. The molecule has 0 atom stereocenters. The summed E-state index contributed by atoms with van der Waals surface area (Å²) in [4.78, 5) is 0. The summed E-state index contributed by atoms with van der Waals surface area (Å²) in [7, 11) is -4.94. The van der Waals surface area contributed by atoms with Gasteiger partial charge in [0.2, 0.25) is 17.0 Å². The van der Waals surface area contributed by atoms with E-state index < -0.39 is 10.2 Å². The van der Waals surface area contributed by atoms with Crippen molar-refractivity contribution in [1.29, 1.82) is 0 Å². The molecule has 5 nitrogen and oxygen atoms in total. The van der Waals surface area contributed by atoms with Crippen LogP contribution in [0.15, 0.2) is 10.2 Å². The van der Waals surface area contributed by atoms with Gasteiger partial charge in [0.05, 0.1) is 0 Å². The van der Waals surface area contributed by atoms with E-state index in [0.29, 0.717) is 0 Å². The zero-order valence-corrected chi connectivity index (χ0v) is 6.82. The van der Waals surface area contributed by atoms with Crippen molar-refractivity contribution in [3.8, 4) is 0 Å². The van der Waals surface area contributed by atoms with Crippen molar-refractivity contribution >= 4 is 22.9 Å². The molecule has 0 fully saturated rings. The fourth-order valence-electron chi connectivity index (χ4n) is 0.124. The number of hydrogen-bond donors (Lipinski definition) is 0. The zero-order valence-electron chi connectivity index (χ0n) is 4.43. The minimum atomic E-state index is -4.94. The highest BCUT2D eigenvalue weighted by molar-refractivity contribution is 7.22. The van der Waals surface area contributed by atoms with Gasteiger partial charge in [-0.05, 0) is 0 Å². The van der Waals surface area contributed by atoms with Crippen LogP contribution < -0.4 is 18.6 Å². The van der Waals surface area contributed by atoms with Gasteiger partial charge in [0, 0.05) is 0 Å². The number of halogens is 1. The number of hydrogen-bond acceptors (Lipinski definition) is 6. The molecule has 0 amide bonds. The summed E-state index contributed by atoms with van der Waals surface area (Å²) in [6.45, 7) is 0. The molecular weight excluding hydrogens is 202 g/mol. The van der Waals surface area contributed by atoms with E-state index in [4.69, 9.17) is 18.6 Å². The molecule has 0 spiro atoms. The van der Waals surface area contributed by atoms with Crippen molar-refractivity contribution in [3.63, 3.8) is 0 Å². The molecule has 0 radical (unpaired) electrons. The summed E-state index contributed by atoms with van der Waals surface area (Å²) >= 11 is 3.10. The summed E-state index contributed by atoms with van der Waals surface area (Å²) in [6.07, 6.45) is 0. The van der Waals surface area contributed by atoms with Gasteiger partial charge in [-0.25, -0.2) is 18.6 Å². The SMILES string of the molecule is [O-][Cl+3]([O-])([O-])[O-].c1nsc[s+]1. The van der Waals surface area contributed by atoms with Crippen LogP contribution in [0.25, 0.3) is 0 Å². The molecule has 0 unspecified atom stereocenters. The van der Waals surface area contributed by atoms with Crippen LogP contribution in [-0.2, 0) is 0 Å². The van der Waals surface area contributed by atoms with E-state index >= 15 is 0 Å². The van der Waals surface area contributed by atoms with Gasteiger partial charge in [-0.1, -0.05) is 4.37 Å². The predicted octanol–water partition coefficient (Wildman–Crippen LogP) is -3.27. The molecule has 0 aliphatic heterocycles. The maximum atomic E-state index is 8.49. The molecular formula is C2H2ClNO4S2. The minimum Gasteiger partial charge on any atom is -0.222 e. The Morgan fingerprint density at radius 3 is 1.90 bits per heavy atom. The molecule has 0 aliphatic rings. The fourth-order valence-corrected chi connectivity index (χ4v) is 1.12. The van der Waals surface area contributed by atoms with E-state index in [0.717, 1.165) is 0 Å². The molecule has 1 aromatic heterocycles. The Kier molecular flexibility index (Phi) is 4.91. The minimum absolute atomic E-state index is 1.48. The Balaban J connectivity index is 0.000000162. The lowest BCUT2D eigenvalue weighted by atomic mass is 11.7. The van der Waals surface area contributed by atoms with E-state index in [1.807, 2.05) is 10.2 Å². The standard InChI is InChI=1S/C2H2NS2.ClHO4/c1-3-5-2-4-1;2-1(3,4)5/h1-2H;(H,2,3,4,5)/q+1;/p-1. The van der Waals surface area contributed by atoms with Crippen LogP contribution in [0.3, 0.4) is 0 Å². The average Bonchev–Trinajstić information content (AvgIpc) is 2.07. The second-order valence-electron chi connectivity index (χ2n) is 0.927. The van der Waals surface area contributed by atoms with Crippen molar-refractivity contribution < 1.29 is 28.9 Å². The summed E-state index contributed by atoms with van der Waals surface area (Å²) in [5, 5.41) is 0. The third-order valence-electron chi connectivity index (χ3n) is 0.263. The maximum absolute atomic E-state index is 8.49. The maximum Gasteiger partial charge on any atom is 0.267 e. The van der Waals surface area contributed by atoms with Crippen LogP contribution >= 0.6 is 22.9 Å².